The Morgan fingerprint density at radius 1 is 0.680 bits per heavy atom. The second kappa shape index (κ2) is 39.0. The molecule has 1 aliphatic rings. The van der Waals surface area contributed by atoms with Crippen LogP contribution in [-0.4, -0.2) is 157 Å². The number of fused-ring (bicyclic) bond motifs is 1. The molecule has 0 saturated heterocycles. The lowest BCUT2D eigenvalue weighted by Crippen LogP contribution is -2.63. The zero-order valence-corrected chi connectivity index (χ0v) is 60.0. The van der Waals surface area contributed by atoms with Crippen molar-refractivity contribution in [1.82, 2.24) is 52.8 Å². The molecule has 2 aromatic carbocycles. The van der Waals surface area contributed by atoms with E-state index in [1.165, 1.54) is 79.7 Å². The summed E-state index contributed by atoms with van der Waals surface area (Å²) in [6, 6.07) is 4.00. The third-order valence-electron chi connectivity index (χ3n) is 18.2. The number of aromatic nitrogens is 1. The molecular weight excluding hydrogens is 1290 g/mol. The first-order chi connectivity index (χ1) is 46.9. The summed E-state index contributed by atoms with van der Waals surface area (Å²) in [6.45, 7) is 18.0. The van der Waals surface area contributed by atoms with Crippen molar-refractivity contribution in [3.05, 3.63) is 78.0 Å². The Bertz CT molecular complexity index is 3440. The third-order valence-corrected chi connectivity index (χ3v) is 18.2. The summed E-state index contributed by atoms with van der Waals surface area (Å²) in [7, 11) is 0. The Labute approximate surface area is 585 Å². The average Bonchev–Trinajstić information content (AvgIpc) is 1.03. The van der Waals surface area contributed by atoms with Crippen LogP contribution < -0.4 is 53.6 Å². The van der Waals surface area contributed by atoms with Gasteiger partial charge in [-0.05, 0) is 148 Å². The van der Waals surface area contributed by atoms with Crippen molar-refractivity contribution in [2.45, 2.75) is 246 Å². The molecule has 0 bridgehead atoms. The van der Waals surface area contributed by atoms with Crippen LogP contribution in [0.3, 0.4) is 0 Å². The molecule has 9 amide bonds. The zero-order chi connectivity index (χ0) is 74.8. The number of hydrogen-bond acceptors (Lipinski definition) is 16. The van der Waals surface area contributed by atoms with Crippen LogP contribution in [0.15, 0.2) is 66.9 Å². The van der Waals surface area contributed by atoms with Crippen molar-refractivity contribution in [3.8, 4) is 5.75 Å². The molecule has 0 spiro atoms. The average molecular weight is 1390 g/mol. The number of carboxylic acids is 1. The second-order valence-electron chi connectivity index (χ2n) is 28.3. The van der Waals surface area contributed by atoms with Crippen LogP contribution in [0.25, 0.3) is 10.9 Å². The SMILES string of the molecule is CC(=O)C[C@]1(C)CCCCCC/C=C/CCC[C@@](C)(C(=O)NC(C)C(=O)NC(C)(C)C(=O)NC(C)C(=O)N[C@@H](C)C(=O)C(=O)[C@H](C)NC[C@H](C)C(N)=O)NC(=O)[C@H](CC(C)C)CCC(=O)[C@H](Cc2c[nH]c3ccccc23)NC(=O)C(Cc2ccc(O)cc2)NC(=O)[C@H](CCC(=O)O)NC1=O. The number of ketones is 4. The van der Waals surface area contributed by atoms with Crippen LogP contribution in [-0.2, 0) is 80.0 Å². The van der Waals surface area contributed by atoms with E-state index in [2.05, 4.69) is 52.8 Å². The largest absolute Gasteiger partial charge is 0.508 e. The molecule has 3 aromatic rings. The summed E-state index contributed by atoms with van der Waals surface area (Å²) in [5.41, 5.74) is 2.45. The molecule has 3 unspecified atom stereocenters. The number of para-hydroxylation sites is 1. The van der Waals surface area contributed by atoms with E-state index < -0.39 is 154 Å². The van der Waals surface area contributed by atoms with E-state index in [-0.39, 0.29) is 81.8 Å². The molecule has 27 heteroatoms. The summed E-state index contributed by atoms with van der Waals surface area (Å²) >= 11 is 0. The maximum absolute atomic E-state index is 15.0. The Balaban J connectivity index is 1.67. The molecule has 4 rings (SSSR count). The van der Waals surface area contributed by atoms with Crippen LogP contribution in [0.4, 0.5) is 0 Å². The minimum absolute atomic E-state index is 0.0327. The first-order valence-corrected chi connectivity index (χ1v) is 34.7. The van der Waals surface area contributed by atoms with Crippen LogP contribution in [0, 0.1) is 23.2 Å². The van der Waals surface area contributed by atoms with Gasteiger partial charge in [0.25, 0.3) is 0 Å². The number of primary amides is 1. The number of hydrogen-bond donors (Lipinski definition) is 13. The summed E-state index contributed by atoms with van der Waals surface area (Å²) in [5.74, 6) is -12.3. The highest BCUT2D eigenvalue weighted by atomic mass is 16.4. The van der Waals surface area contributed by atoms with Crippen LogP contribution in [0.2, 0.25) is 0 Å². The zero-order valence-electron chi connectivity index (χ0n) is 60.0. The van der Waals surface area contributed by atoms with Gasteiger partial charge in [0.2, 0.25) is 64.7 Å². The number of nitrogens with one attached hydrogen (secondary N) is 10. The van der Waals surface area contributed by atoms with Crippen molar-refractivity contribution in [3.63, 3.8) is 0 Å². The number of aliphatic carboxylic acids is 1. The van der Waals surface area contributed by atoms with Crippen molar-refractivity contribution in [1.29, 1.82) is 0 Å². The summed E-state index contributed by atoms with van der Waals surface area (Å²) in [4.78, 5) is 195. The number of carbonyl (C=O) groups is 14. The topological polar surface area (TPSA) is 430 Å². The van der Waals surface area contributed by atoms with E-state index in [9.17, 15) is 72.5 Å². The highest BCUT2D eigenvalue weighted by molar-refractivity contribution is 6.41. The van der Waals surface area contributed by atoms with E-state index in [0.717, 1.165) is 23.7 Å². The fraction of sp³-hybridized carbons (Fsp3) is 0.589. The molecule has 0 aliphatic carbocycles. The maximum Gasteiger partial charge on any atom is 0.303 e. The Morgan fingerprint density at radius 2 is 1.29 bits per heavy atom. The first kappa shape index (κ1) is 83.3. The summed E-state index contributed by atoms with van der Waals surface area (Å²) in [6.07, 6.45) is 8.79. The highest BCUT2D eigenvalue weighted by Gasteiger charge is 2.42. The van der Waals surface area contributed by atoms with Gasteiger partial charge in [-0.15, -0.1) is 0 Å². The normalized spacial score (nSPS) is 22.6. The number of carbonyl (C=O) groups excluding carboxylic acids is 13. The molecule has 14 N–H and O–H groups in total. The van der Waals surface area contributed by atoms with Crippen LogP contribution in [0.5, 0.6) is 5.75 Å². The molecule has 1 aromatic heterocycles. The Morgan fingerprint density at radius 3 is 1.93 bits per heavy atom. The number of aromatic hydroxyl groups is 1. The van der Waals surface area contributed by atoms with Crippen LogP contribution in [0.1, 0.15) is 191 Å². The summed E-state index contributed by atoms with van der Waals surface area (Å²) in [5, 5.41) is 45.1. The van der Waals surface area contributed by atoms with Crippen molar-refractivity contribution in [2.24, 2.45) is 28.9 Å². The number of aromatic amines is 1. The Hall–Kier alpha value is -9.14. The number of phenols is 1. The van der Waals surface area contributed by atoms with E-state index >= 15 is 4.79 Å². The standard InChI is InChI=1S/C73H107N11O16/c1-42(2)36-50-28-32-58(87)56(38-51-41-76-54-25-21-20-24-53(51)54)80-67(97)57(37-49-26-29-52(86)30-27-49)81-66(96)55(31-33-59(88)89)82-69(99)72(11,39-44(4)85)34-22-18-16-14-13-15-17-19-23-35-73(12,84-65(50)95)70(100)79-48(8)64(94)83-71(9,10)68(98)78-47(7)63(93)77-46(6)61(91)60(90)45(5)75-40-43(3)62(74)92/h15,17,20-21,24-27,29-30,41-43,45-48,50,55-57,75-76,86H,13-14,16,18-19,22-23,28,31-40H2,1-12H3,(H2,74,92)(H,77,93)(H,78,98)(H,79,100)(H,80,97)(H,81,96)(H,82,99)(H,83,94)(H,84,95)(H,88,89)/b17-15+/t43-,45-,46-,47?,48?,50-,55-,56-,57?,72-,73-/m0/s1. The quantitative estimate of drug-likeness (QED) is 0.0386. The van der Waals surface area contributed by atoms with Gasteiger partial charge >= 0.3 is 5.97 Å². The highest BCUT2D eigenvalue weighted by Crippen LogP contribution is 2.31. The van der Waals surface area contributed by atoms with Gasteiger partial charge in [-0.1, -0.05) is 89.4 Å². The predicted octanol–water partition coefficient (Wildman–Crippen LogP) is 4.58. The fourth-order valence-corrected chi connectivity index (χ4v) is 11.8. The molecule has 0 radical (unpaired) electrons. The van der Waals surface area contributed by atoms with Gasteiger partial charge in [-0.3, -0.25) is 67.1 Å². The number of phenolic OH excluding ortho intramolecular Hbond substituents is 1. The number of amides is 9. The van der Waals surface area contributed by atoms with Gasteiger partial charge in [0.1, 0.15) is 46.8 Å². The Kier molecular flexibility index (Phi) is 32.5. The molecule has 550 valence electrons. The third kappa shape index (κ3) is 26.5. The maximum atomic E-state index is 15.0. The predicted molar refractivity (Wildman–Crippen MR) is 375 cm³/mol. The van der Waals surface area contributed by atoms with Crippen molar-refractivity contribution in [2.75, 3.05) is 6.54 Å². The minimum atomic E-state index is -1.71. The molecule has 27 nitrogen and oxygen atoms in total. The molecular formula is C73H107N11O16. The number of Topliss-reactive ketones (excluding diaryl/α,β-unsaturated/α-hetero) is 4. The molecule has 0 saturated carbocycles. The fourth-order valence-electron chi connectivity index (χ4n) is 11.8. The van der Waals surface area contributed by atoms with Crippen LogP contribution >= 0.6 is 0 Å². The number of carboxylic acid groups (broad SMARTS) is 1. The molecule has 1 aliphatic heterocycles. The van der Waals surface area contributed by atoms with E-state index in [4.69, 9.17) is 5.73 Å². The van der Waals surface area contributed by atoms with Crippen molar-refractivity contribution < 1.29 is 77.3 Å². The number of H-pyrrole nitrogens is 1. The van der Waals surface area contributed by atoms with Gasteiger partial charge in [-0.25, -0.2) is 0 Å². The summed E-state index contributed by atoms with van der Waals surface area (Å²) < 4.78 is 0. The van der Waals surface area contributed by atoms with Gasteiger partial charge in [-0.2, -0.15) is 0 Å². The molecule has 0 fully saturated rings. The first-order valence-electron chi connectivity index (χ1n) is 34.7. The van der Waals surface area contributed by atoms with E-state index in [0.29, 0.717) is 43.2 Å². The van der Waals surface area contributed by atoms with E-state index in [1.54, 1.807) is 20.0 Å². The lowest BCUT2D eigenvalue weighted by molar-refractivity contribution is -0.140. The second-order valence-corrected chi connectivity index (χ2v) is 28.3. The lowest BCUT2D eigenvalue weighted by atomic mass is 9.79. The number of allylic oxidation sites excluding steroid dienone is 2. The van der Waals surface area contributed by atoms with Gasteiger partial charge < -0.3 is 68.8 Å². The van der Waals surface area contributed by atoms with Crippen molar-refractivity contribution >= 4 is 93.2 Å². The smallest absolute Gasteiger partial charge is 0.303 e. The van der Waals surface area contributed by atoms with Gasteiger partial charge in [0.05, 0.1) is 23.5 Å². The number of nitrogens with two attached hydrogens (primary N) is 1. The number of rotatable bonds is 26. The monoisotopic (exact) mass is 1390 g/mol. The minimum Gasteiger partial charge on any atom is -0.508 e. The molecule has 11 atom stereocenters. The van der Waals surface area contributed by atoms with Gasteiger partial charge in [0, 0.05) is 67.6 Å². The lowest BCUT2D eigenvalue weighted by Gasteiger charge is -2.33. The van der Waals surface area contributed by atoms with Gasteiger partial charge in [0.15, 0.2) is 5.78 Å². The number of benzene rings is 2. The van der Waals surface area contributed by atoms with E-state index in [1.807, 2.05) is 50.3 Å². The molecule has 100 heavy (non-hydrogen) atoms. The molecule has 2 heterocycles.